The van der Waals surface area contributed by atoms with Crippen molar-refractivity contribution in [1.29, 1.82) is 0 Å². The molecule has 0 saturated carbocycles. The van der Waals surface area contributed by atoms with E-state index in [4.69, 9.17) is 4.74 Å². The Morgan fingerprint density at radius 2 is 1.82 bits per heavy atom. The second-order valence-electron chi connectivity index (χ2n) is 7.12. The third-order valence-electron chi connectivity index (χ3n) is 4.74. The number of carbonyl (C=O) groups excluding carboxylic acids is 2. The van der Waals surface area contributed by atoms with Gasteiger partial charge in [-0.1, -0.05) is 0 Å². The molecule has 0 atom stereocenters. The highest BCUT2D eigenvalue weighted by atomic mass is 16.5. The second kappa shape index (κ2) is 8.87. The normalized spacial score (nSPS) is 10.7. The van der Waals surface area contributed by atoms with Gasteiger partial charge in [0.15, 0.2) is 0 Å². The number of methoxy groups -OCH3 is 1. The molecule has 6 nitrogen and oxygen atoms in total. The molecule has 0 unspecified atom stereocenters. The van der Waals surface area contributed by atoms with Gasteiger partial charge in [-0.25, -0.2) is 9.78 Å². The van der Waals surface area contributed by atoms with Crippen LogP contribution < -0.4 is 9.80 Å². The number of hydrogen-bond donors (Lipinski definition) is 0. The van der Waals surface area contributed by atoms with E-state index in [1.54, 1.807) is 36.2 Å². The number of aryl methyl sites for hydroxylation is 2. The number of ether oxygens (including phenoxy) is 1. The summed E-state index contributed by atoms with van der Waals surface area (Å²) in [6.45, 7) is 10.9. The molecule has 0 radical (unpaired) electrons. The molecular formula is C22H29N3O3. The summed E-state index contributed by atoms with van der Waals surface area (Å²) in [6, 6.07) is 9.29. The van der Waals surface area contributed by atoms with Crippen molar-refractivity contribution in [3.8, 4) is 0 Å². The van der Waals surface area contributed by atoms with Crippen molar-refractivity contribution in [2.75, 3.05) is 30.5 Å². The number of benzene rings is 1. The number of aromatic nitrogens is 1. The lowest BCUT2D eigenvalue weighted by Crippen LogP contribution is -2.33. The Hall–Kier alpha value is -2.89. The summed E-state index contributed by atoms with van der Waals surface area (Å²) in [4.78, 5) is 33.2. The van der Waals surface area contributed by atoms with Gasteiger partial charge in [0.05, 0.1) is 12.7 Å². The highest BCUT2D eigenvalue weighted by molar-refractivity contribution is 6.05. The molecule has 6 heteroatoms. The van der Waals surface area contributed by atoms with Crippen molar-refractivity contribution in [3.05, 3.63) is 52.7 Å². The smallest absolute Gasteiger partial charge is 0.338 e. The summed E-state index contributed by atoms with van der Waals surface area (Å²) in [7, 11) is 3.06. The zero-order chi connectivity index (χ0) is 21.0. The Kier molecular flexibility index (Phi) is 6.78. The first-order valence-corrected chi connectivity index (χ1v) is 9.41. The van der Waals surface area contributed by atoms with Gasteiger partial charge in [0, 0.05) is 25.3 Å². The summed E-state index contributed by atoms with van der Waals surface area (Å²) in [5.74, 6) is 0.206. The van der Waals surface area contributed by atoms with Crippen LogP contribution in [-0.4, -0.2) is 43.6 Å². The Bertz CT molecular complexity index is 877. The second-order valence-corrected chi connectivity index (χ2v) is 7.12. The maximum absolute atomic E-state index is 13.1. The molecule has 0 saturated heterocycles. The van der Waals surface area contributed by atoms with Gasteiger partial charge >= 0.3 is 5.97 Å². The first-order valence-electron chi connectivity index (χ1n) is 9.41. The maximum atomic E-state index is 13.1. The Balaban J connectivity index is 2.36. The lowest BCUT2D eigenvalue weighted by atomic mass is 10.1. The van der Waals surface area contributed by atoms with Crippen molar-refractivity contribution < 1.29 is 14.3 Å². The molecule has 0 aliphatic heterocycles. The van der Waals surface area contributed by atoms with Crippen molar-refractivity contribution in [3.63, 3.8) is 0 Å². The van der Waals surface area contributed by atoms with Gasteiger partial charge in [-0.3, -0.25) is 4.79 Å². The molecule has 0 aliphatic carbocycles. The van der Waals surface area contributed by atoms with Crippen LogP contribution in [0.2, 0.25) is 0 Å². The van der Waals surface area contributed by atoms with E-state index in [2.05, 4.69) is 30.7 Å². The average molecular weight is 383 g/mol. The zero-order valence-corrected chi connectivity index (χ0v) is 17.7. The highest BCUT2D eigenvalue weighted by Gasteiger charge is 2.20. The third kappa shape index (κ3) is 4.50. The number of nitrogens with zero attached hydrogens (tertiary/aromatic N) is 3. The Morgan fingerprint density at radius 1 is 1.14 bits per heavy atom. The number of pyridine rings is 1. The van der Waals surface area contributed by atoms with Gasteiger partial charge < -0.3 is 14.5 Å². The van der Waals surface area contributed by atoms with Crippen LogP contribution in [0.3, 0.4) is 0 Å². The summed E-state index contributed by atoms with van der Waals surface area (Å²) >= 11 is 0. The van der Waals surface area contributed by atoms with Crippen LogP contribution in [0.15, 0.2) is 30.3 Å². The summed E-state index contributed by atoms with van der Waals surface area (Å²) in [5, 5.41) is 0. The fraction of sp³-hybridized carbons (Fsp3) is 0.409. The van der Waals surface area contributed by atoms with Gasteiger partial charge in [0.2, 0.25) is 0 Å². The molecule has 0 fully saturated rings. The minimum Gasteiger partial charge on any atom is -0.465 e. The number of hydrogen-bond acceptors (Lipinski definition) is 5. The quantitative estimate of drug-likeness (QED) is 0.706. The lowest BCUT2D eigenvalue weighted by molar-refractivity contribution is 0.0600. The lowest BCUT2D eigenvalue weighted by Gasteiger charge is -2.27. The van der Waals surface area contributed by atoms with Crippen LogP contribution in [0.1, 0.15) is 52.7 Å². The third-order valence-corrected chi connectivity index (χ3v) is 4.74. The van der Waals surface area contributed by atoms with E-state index in [9.17, 15) is 9.59 Å². The molecule has 0 aliphatic rings. The molecular weight excluding hydrogens is 354 g/mol. The van der Waals surface area contributed by atoms with Crippen molar-refractivity contribution in [1.82, 2.24) is 4.98 Å². The van der Waals surface area contributed by atoms with Gasteiger partial charge in [-0.15, -0.1) is 0 Å². The SMILES string of the molecule is CCN(c1cc(C)cc(C(=O)N(C)c2ccc(C(=O)OC)c(C)c2)n1)C(C)C. The first kappa shape index (κ1) is 21.4. The molecule has 1 amide bonds. The van der Waals surface area contributed by atoms with Gasteiger partial charge in [0.1, 0.15) is 11.5 Å². The van der Waals surface area contributed by atoms with Gasteiger partial charge in [0.25, 0.3) is 5.91 Å². The largest absolute Gasteiger partial charge is 0.465 e. The highest BCUT2D eigenvalue weighted by Crippen LogP contribution is 2.22. The minimum absolute atomic E-state index is 0.199. The molecule has 0 spiro atoms. The summed E-state index contributed by atoms with van der Waals surface area (Å²) < 4.78 is 4.78. The van der Waals surface area contributed by atoms with Crippen LogP contribution in [-0.2, 0) is 4.74 Å². The van der Waals surface area contributed by atoms with E-state index in [-0.39, 0.29) is 11.9 Å². The first-order chi connectivity index (χ1) is 13.2. The molecule has 0 bridgehead atoms. The van der Waals surface area contributed by atoms with E-state index in [1.807, 2.05) is 19.9 Å². The van der Waals surface area contributed by atoms with Crippen LogP contribution >= 0.6 is 0 Å². The molecule has 150 valence electrons. The fourth-order valence-corrected chi connectivity index (χ4v) is 3.18. The number of carbonyl (C=O) groups is 2. The zero-order valence-electron chi connectivity index (χ0n) is 17.7. The molecule has 1 heterocycles. The predicted octanol–water partition coefficient (Wildman–Crippen LogP) is 4.00. The average Bonchev–Trinajstić information content (AvgIpc) is 2.66. The summed E-state index contributed by atoms with van der Waals surface area (Å²) in [5.41, 5.74) is 3.30. The monoisotopic (exact) mass is 383 g/mol. The minimum atomic E-state index is -0.392. The van der Waals surface area contributed by atoms with Crippen LogP contribution in [0.5, 0.6) is 0 Å². The molecule has 2 rings (SSSR count). The van der Waals surface area contributed by atoms with Crippen LogP contribution in [0, 0.1) is 13.8 Å². The summed E-state index contributed by atoms with van der Waals surface area (Å²) in [6.07, 6.45) is 0. The van der Waals surface area contributed by atoms with Gasteiger partial charge in [-0.2, -0.15) is 0 Å². The van der Waals surface area contributed by atoms with E-state index in [0.29, 0.717) is 16.9 Å². The molecule has 2 aromatic rings. The van der Waals surface area contributed by atoms with E-state index < -0.39 is 5.97 Å². The Labute approximate surface area is 167 Å². The maximum Gasteiger partial charge on any atom is 0.338 e. The molecule has 0 N–H and O–H groups in total. The van der Waals surface area contributed by atoms with Crippen molar-refractivity contribution in [2.24, 2.45) is 0 Å². The molecule has 28 heavy (non-hydrogen) atoms. The van der Waals surface area contributed by atoms with E-state index in [1.165, 1.54) is 7.11 Å². The number of esters is 1. The van der Waals surface area contributed by atoms with Crippen molar-refractivity contribution >= 4 is 23.4 Å². The molecule has 1 aromatic heterocycles. The van der Waals surface area contributed by atoms with Crippen LogP contribution in [0.4, 0.5) is 11.5 Å². The Morgan fingerprint density at radius 3 is 2.36 bits per heavy atom. The molecule has 1 aromatic carbocycles. The van der Waals surface area contributed by atoms with E-state index in [0.717, 1.165) is 23.5 Å². The number of rotatable bonds is 6. The number of amides is 1. The van der Waals surface area contributed by atoms with E-state index >= 15 is 0 Å². The predicted molar refractivity (Wildman–Crippen MR) is 112 cm³/mol. The fourth-order valence-electron chi connectivity index (χ4n) is 3.18. The van der Waals surface area contributed by atoms with Gasteiger partial charge in [-0.05, 0) is 76.1 Å². The van der Waals surface area contributed by atoms with Crippen molar-refractivity contribution in [2.45, 2.75) is 40.7 Å². The number of anilines is 2. The standard InChI is InChI=1S/C22H29N3O3/c1-8-25(14(2)3)20-12-15(4)11-19(23-20)21(26)24(6)17-9-10-18(16(5)13-17)22(27)28-7/h9-14H,8H2,1-7H3. The van der Waals surface area contributed by atoms with Crippen LogP contribution in [0.25, 0.3) is 0 Å². The topological polar surface area (TPSA) is 62.7 Å².